The van der Waals surface area contributed by atoms with Crippen molar-refractivity contribution in [2.75, 3.05) is 7.11 Å². The van der Waals surface area contributed by atoms with E-state index in [1.54, 1.807) is 18.2 Å². The minimum Gasteiger partial charge on any atom is -0.496 e. The van der Waals surface area contributed by atoms with E-state index in [-0.39, 0.29) is 22.9 Å². The lowest BCUT2D eigenvalue weighted by Gasteiger charge is -2.24. The van der Waals surface area contributed by atoms with Crippen LogP contribution in [-0.2, 0) is 29.8 Å². The van der Waals surface area contributed by atoms with Gasteiger partial charge in [0.25, 0.3) is 0 Å². The molecule has 1 saturated heterocycles. The summed E-state index contributed by atoms with van der Waals surface area (Å²) in [4.78, 5) is 13.7. The van der Waals surface area contributed by atoms with Crippen LogP contribution in [0.1, 0.15) is 40.8 Å². The number of hydrogen-bond acceptors (Lipinski definition) is 3. The second-order valence-electron chi connectivity index (χ2n) is 9.23. The first-order valence-corrected chi connectivity index (χ1v) is 12.5. The molecule has 14 heteroatoms. The zero-order valence-electron chi connectivity index (χ0n) is 21.0. The summed E-state index contributed by atoms with van der Waals surface area (Å²) in [6, 6.07) is 7.39. The molecule has 1 unspecified atom stereocenters. The number of halogens is 10. The zero-order valence-corrected chi connectivity index (χ0v) is 22.6. The summed E-state index contributed by atoms with van der Waals surface area (Å²) in [5.41, 5.74) is -4.21. The number of amides is 1. The average Bonchev–Trinajstić information content (AvgIpc) is 3.14. The molecule has 0 N–H and O–H groups in total. The maximum absolute atomic E-state index is 13.7. The summed E-state index contributed by atoms with van der Waals surface area (Å²) in [5, 5.41) is 0. The fourth-order valence-corrected chi connectivity index (χ4v) is 4.92. The third-order valence-electron chi connectivity index (χ3n) is 6.53. The number of nitrogens with zero attached hydrogens (tertiary/aromatic N) is 1. The molecule has 1 fully saturated rings. The van der Waals surface area contributed by atoms with Crippen molar-refractivity contribution < 1.29 is 53.8 Å². The number of ether oxygens (including phenoxy) is 2. The van der Waals surface area contributed by atoms with Gasteiger partial charge in [-0.1, -0.05) is 22.0 Å². The van der Waals surface area contributed by atoms with Crippen LogP contribution >= 0.6 is 15.9 Å². The molecule has 1 aliphatic heterocycles. The van der Waals surface area contributed by atoms with Crippen LogP contribution in [0.5, 0.6) is 5.75 Å². The van der Waals surface area contributed by atoms with Gasteiger partial charge in [0.1, 0.15) is 11.9 Å². The maximum atomic E-state index is 13.7. The highest BCUT2D eigenvalue weighted by molar-refractivity contribution is 9.10. The van der Waals surface area contributed by atoms with Crippen LogP contribution in [0.4, 0.5) is 44.3 Å². The van der Waals surface area contributed by atoms with E-state index in [1.807, 2.05) is 0 Å². The topological polar surface area (TPSA) is 38.8 Å². The van der Waals surface area contributed by atoms with Crippen LogP contribution in [0.2, 0.25) is 0 Å². The number of carbonyl (C=O) groups is 1. The summed E-state index contributed by atoms with van der Waals surface area (Å²) in [7, 11) is 1.35. The van der Waals surface area contributed by atoms with Gasteiger partial charge in [-0.15, -0.1) is 0 Å². The second kappa shape index (κ2) is 10.8. The molecule has 1 heterocycles. The average molecular weight is 656 g/mol. The summed E-state index contributed by atoms with van der Waals surface area (Å²) >= 11 is 3.30. The van der Waals surface area contributed by atoms with Crippen molar-refractivity contribution in [3.05, 3.63) is 86.9 Å². The molecule has 0 bridgehead atoms. The van der Waals surface area contributed by atoms with E-state index in [0.29, 0.717) is 22.2 Å². The summed E-state index contributed by atoms with van der Waals surface area (Å²) in [6.07, 6.45) is -17.5. The van der Waals surface area contributed by atoms with Crippen LogP contribution in [-0.4, -0.2) is 24.1 Å². The number of alkyl halides is 9. The van der Waals surface area contributed by atoms with Gasteiger partial charge in [-0.05, 0) is 66.6 Å². The predicted molar refractivity (Wildman–Crippen MR) is 132 cm³/mol. The van der Waals surface area contributed by atoms with Gasteiger partial charge < -0.3 is 9.47 Å². The van der Waals surface area contributed by atoms with E-state index >= 15 is 0 Å². The Balaban J connectivity index is 1.79. The fraction of sp³-hybridized carbons (Fsp3) is 0.296. The zero-order chi connectivity index (χ0) is 30.5. The molecule has 4 rings (SSSR count). The normalized spacial score (nSPS) is 18.0. The van der Waals surface area contributed by atoms with Gasteiger partial charge >= 0.3 is 24.6 Å². The van der Waals surface area contributed by atoms with E-state index in [1.165, 1.54) is 20.1 Å². The lowest BCUT2D eigenvalue weighted by Crippen LogP contribution is -2.31. The van der Waals surface area contributed by atoms with Gasteiger partial charge in [0.15, 0.2) is 0 Å². The van der Waals surface area contributed by atoms with Gasteiger partial charge in [0.05, 0.1) is 29.8 Å². The molecule has 1 amide bonds. The quantitative estimate of drug-likeness (QED) is 0.257. The SMILES string of the molecule is COc1ccc(Br)cc1-c1ccc(C(F)(F)F)cc1C1OC(=O)N(Cc2cc(C(F)(F)F)cc(C(F)(F)F)c2)[C@@H]1C. The van der Waals surface area contributed by atoms with E-state index in [2.05, 4.69) is 15.9 Å². The summed E-state index contributed by atoms with van der Waals surface area (Å²) in [5.74, 6) is 0.284. The number of benzene rings is 3. The smallest absolute Gasteiger partial charge is 0.416 e. The van der Waals surface area contributed by atoms with Gasteiger partial charge in [0.2, 0.25) is 0 Å². The molecule has 2 atom stereocenters. The molecule has 0 radical (unpaired) electrons. The van der Waals surface area contributed by atoms with Crippen LogP contribution in [0.15, 0.2) is 59.1 Å². The Bertz CT molecular complexity index is 1440. The highest BCUT2D eigenvalue weighted by Crippen LogP contribution is 2.45. The van der Waals surface area contributed by atoms with Crippen molar-refractivity contribution >= 4 is 22.0 Å². The standard InChI is InChI=1S/C27H19BrF9NO3/c1-13-23(21-10-15(25(29,30)31)3-5-19(21)20-11-18(28)4-6-22(20)40-2)41-24(39)38(13)12-14-7-16(26(32,33)34)9-17(8-14)27(35,36)37/h3-11,13,23H,12H2,1-2H3/t13-,23?/m1/s1. The minimum absolute atomic E-state index is 0.0433. The van der Waals surface area contributed by atoms with Crippen LogP contribution in [0, 0.1) is 0 Å². The van der Waals surface area contributed by atoms with Crippen molar-refractivity contribution in [3.63, 3.8) is 0 Å². The first-order chi connectivity index (χ1) is 18.9. The maximum Gasteiger partial charge on any atom is 0.416 e. The van der Waals surface area contributed by atoms with Gasteiger partial charge in [-0.3, -0.25) is 4.90 Å². The summed E-state index contributed by atoms with van der Waals surface area (Å²) in [6.45, 7) is 0.647. The van der Waals surface area contributed by atoms with Crippen molar-refractivity contribution in [2.24, 2.45) is 0 Å². The third-order valence-corrected chi connectivity index (χ3v) is 7.02. The van der Waals surface area contributed by atoms with Crippen molar-refractivity contribution in [3.8, 4) is 16.9 Å². The molecule has 0 saturated carbocycles. The highest BCUT2D eigenvalue weighted by Gasteiger charge is 2.43. The predicted octanol–water partition coefficient (Wildman–Crippen LogP) is 9.26. The summed E-state index contributed by atoms with van der Waals surface area (Å²) < 4.78 is 132. The molecule has 41 heavy (non-hydrogen) atoms. The van der Waals surface area contributed by atoms with E-state index in [0.717, 1.165) is 17.0 Å². The lowest BCUT2D eigenvalue weighted by molar-refractivity contribution is -0.143. The first-order valence-electron chi connectivity index (χ1n) is 11.7. The molecule has 0 aliphatic carbocycles. The van der Waals surface area contributed by atoms with Gasteiger partial charge in [-0.2, -0.15) is 39.5 Å². The Labute approximate surface area is 235 Å². The Hall–Kier alpha value is -3.42. The number of hydrogen-bond donors (Lipinski definition) is 0. The third kappa shape index (κ3) is 6.41. The molecule has 4 nitrogen and oxygen atoms in total. The fourth-order valence-electron chi connectivity index (χ4n) is 4.55. The Morgan fingerprint density at radius 1 is 0.805 bits per heavy atom. The Kier molecular flexibility index (Phi) is 8.02. The molecule has 0 aromatic heterocycles. The lowest BCUT2D eigenvalue weighted by atomic mass is 9.91. The van der Waals surface area contributed by atoms with Crippen LogP contribution < -0.4 is 4.74 Å². The van der Waals surface area contributed by atoms with Gasteiger partial charge in [0, 0.05) is 22.1 Å². The van der Waals surface area contributed by atoms with E-state index in [9.17, 15) is 44.3 Å². The minimum atomic E-state index is -5.11. The highest BCUT2D eigenvalue weighted by atomic mass is 79.9. The van der Waals surface area contributed by atoms with Crippen LogP contribution in [0.3, 0.4) is 0 Å². The first kappa shape index (κ1) is 30.5. The largest absolute Gasteiger partial charge is 0.496 e. The number of rotatable bonds is 5. The van der Waals surface area contributed by atoms with Crippen LogP contribution in [0.25, 0.3) is 11.1 Å². The monoisotopic (exact) mass is 655 g/mol. The Morgan fingerprint density at radius 2 is 1.39 bits per heavy atom. The molecular formula is C27H19BrF9NO3. The van der Waals surface area contributed by atoms with Gasteiger partial charge in [-0.25, -0.2) is 4.79 Å². The van der Waals surface area contributed by atoms with Crippen molar-refractivity contribution in [1.29, 1.82) is 0 Å². The van der Waals surface area contributed by atoms with Crippen molar-refractivity contribution in [2.45, 2.75) is 44.1 Å². The molecule has 3 aromatic rings. The molecule has 3 aromatic carbocycles. The molecule has 220 valence electrons. The number of carbonyl (C=O) groups excluding carboxylic acids is 1. The molecular weight excluding hydrogens is 637 g/mol. The van der Waals surface area contributed by atoms with Crippen molar-refractivity contribution in [1.82, 2.24) is 4.90 Å². The molecule has 1 aliphatic rings. The number of cyclic esters (lactones) is 1. The van der Waals surface area contributed by atoms with E-state index < -0.39 is 65.6 Å². The Morgan fingerprint density at radius 3 is 1.93 bits per heavy atom. The van der Waals surface area contributed by atoms with E-state index in [4.69, 9.17) is 9.47 Å². The molecule has 0 spiro atoms. The number of methoxy groups -OCH3 is 1. The second-order valence-corrected chi connectivity index (χ2v) is 10.1.